The van der Waals surface area contributed by atoms with Gasteiger partial charge in [0.2, 0.25) is 0 Å². The molecule has 14 heavy (non-hydrogen) atoms. The number of nitrogens with zero attached hydrogens (tertiary/aromatic N) is 1. The van der Waals surface area contributed by atoms with Crippen molar-refractivity contribution in [2.75, 3.05) is 0 Å². The summed E-state index contributed by atoms with van der Waals surface area (Å²) in [5, 5.41) is 3.93. The topological polar surface area (TPSA) is 38.7 Å². The smallest absolute Gasteiger partial charge is 0.318 e. The maximum atomic E-state index is 11.0. The van der Waals surface area contributed by atoms with Gasteiger partial charge in [-0.05, 0) is 32.1 Å². The highest BCUT2D eigenvalue weighted by atomic mass is 16.7. The van der Waals surface area contributed by atoms with Gasteiger partial charge in [0.25, 0.3) is 0 Å². The zero-order valence-corrected chi connectivity index (χ0v) is 8.92. The van der Waals surface area contributed by atoms with Gasteiger partial charge in [0.1, 0.15) is 0 Å². The van der Waals surface area contributed by atoms with Crippen LogP contribution in [-0.2, 0) is 9.63 Å². The van der Waals surface area contributed by atoms with Gasteiger partial charge in [-0.2, -0.15) is 0 Å². The van der Waals surface area contributed by atoms with Crippen molar-refractivity contribution < 1.29 is 9.63 Å². The fourth-order valence-electron chi connectivity index (χ4n) is 1.59. The highest BCUT2D eigenvalue weighted by Gasteiger charge is 2.07. The van der Waals surface area contributed by atoms with Crippen molar-refractivity contribution in [2.45, 2.75) is 58.3 Å². The van der Waals surface area contributed by atoms with Gasteiger partial charge < -0.3 is 4.84 Å². The molecule has 0 bridgehead atoms. The van der Waals surface area contributed by atoms with Crippen LogP contribution >= 0.6 is 0 Å². The van der Waals surface area contributed by atoms with Crippen LogP contribution < -0.4 is 0 Å². The maximum Gasteiger partial charge on any atom is 0.334 e. The van der Waals surface area contributed by atoms with Crippen molar-refractivity contribution in [3.63, 3.8) is 0 Å². The lowest BCUT2D eigenvalue weighted by molar-refractivity contribution is -0.143. The second-order valence-electron chi connectivity index (χ2n) is 3.79. The van der Waals surface area contributed by atoms with E-state index in [2.05, 4.69) is 5.16 Å². The van der Waals surface area contributed by atoms with Crippen molar-refractivity contribution in [1.29, 1.82) is 0 Å². The summed E-state index contributed by atoms with van der Waals surface area (Å²) in [6.07, 6.45) is 8.22. The molecule has 3 heteroatoms. The van der Waals surface area contributed by atoms with Crippen molar-refractivity contribution in [2.24, 2.45) is 5.16 Å². The SMILES string of the molecule is CCCC(=O)ON=C1CCCCCC1. The molecule has 0 aromatic carbocycles. The van der Waals surface area contributed by atoms with Crippen molar-refractivity contribution in [1.82, 2.24) is 0 Å². The first kappa shape index (κ1) is 11.2. The number of rotatable bonds is 3. The largest absolute Gasteiger partial charge is 0.334 e. The summed E-state index contributed by atoms with van der Waals surface area (Å²) in [4.78, 5) is 15.9. The van der Waals surface area contributed by atoms with E-state index in [0.717, 1.165) is 25.0 Å². The monoisotopic (exact) mass is 197 g/mol. The summed E-state index contributed by atoms with van der Waals surface area (Å²) in [6, 6.07) is 0. The first-order valence-electron chi connectivity index (χ1n) is 5.58. The van der Waals surface area contributed by atoms with Crippen LogP contribution in [0.3, 0.4) is 0 Å². The van der Waals surface area contributed by atoms with Gasteiger partial charge in [-0.15, -0.1) is 0 Å². The summed E-state index contributed by atoms with van der Waals surface area (Å²) < 4.78 is 0. The molecule has 1 saturated carbocycles. The number of hydrogen-bond acceptors (Lipinski definition) is 3. The molecule has 0 spiro atoms. The number of carbonyl (C=O) groups excluding carboxylic acids is 1. The van der Waals surface area contributed by atoms with Gasteiger partial charge in [0.05, 0.1) is 5.71 Å². The molecule has 0 aromatic heterocycles. The predicted octanol–water partition coefficient (Wildman–Crippen LogP) is 3.04. The van der Waals surface area contributed by atoms with Crippen LogP contribution in [0.25, 0.3) is 0 Å². The zero-order valence-electron chi connectivity index (χ0n) is 8.92. The Balaban J connectivity index is 2.30. The Hall–Kier alpha value is -0.860. The lowest BCUT2D eigenvalue weighted by Crippen LogP contribution is -2.03. The van der Waals surface area contributed by atoms with Gasteiger partial charge in [-0.25, -0.2) is 4.79 Å². The second-order valence-corrected chi connectivity index (χ2v) is 3.79. The summed E-state index contributed by atoms with van der Waals surface area (Å²) in [5.74, 6) is -0.204. The van der Waals surface area contributed by atoms with Gasteiger partial charge in [-0.1, -0.05) is 24.9 Å². The molecule has 0 amide bonds. The highest BCUT2D eigenvalue weighted by molar-refractivity contribution is 5.84. The highest BCUT2D eigenvalue weighted by Crippen LogP contribution is 2.15. The normalized spacial score (nSPS) is 17.4. The van der Waals surface area contributed by atoms with Crippen LogP contribution in [0.2, 0.25) is 0 Å². The summed E-state index contributed by atoms with van der Waals surface area (Å²) in [5.41, 5.74) is 1.06. The van der Waals surface area contributed by atoms with E-state index in [4.69, 9.17) is 4.84 Å². The van der Waals surface area contributed by atoms with E-state index >= 15 is 0 Å². The minimum Gasteiger partial charge on any atom is -0.318 e. The van der Waals surface area contributed by atoms with Crippen LogP contribution in [0.1, 0.15) is 58.3 Å². The van der Waals surface area contributed by atoms with Crippen LogP contribution in [0, 0.1) is 0 Å². The Morgan fingerprint density at radius 1 is 1.29 bits per heavy atom. The maximum absolute atomic E-state index is 11.0. The van der Waals surface area contributed by atoms with E-state index in [1.807, 2.05) is 6.92 Å². The Kier molecular flexibility index (Phi) is 5.27. The molecule has 80 valence electrons. The van der Waals surface area contributed by atoms with Gasteiger partial charge in [-0.3, -0.25) is 0 Å². The Morgan fingerprint density at radius 2 is 1.93 bits per heavy atom. The average Bonchev–Trinajstić information content (AvgIpc) is 2.43. The lowest BCUT2D eigenvalue weighted by Gasteiger charge is -2.00. The summed E-state index contributed by atoms with van der Waals surface area (Å²) >= 11 is 0. The quantitative estimate of drug-likeness (QED) is 0.396. The molecule has 3 nitrogen and oxygen atoms in total. The minimum atomic E-state index is -0.204. The molecule has 1 aliphatic rings. The number of oxime groups is 1. The standard InChI is InChI=1S/C11H19NO2/c1-2-7-11(13)14-12-10-8-5-3-4-6-9-10/h2-9H2,1H3. The lowest BCUT2D eigenvalue weighted by atomic mass is 10.2. The zero-order chi connectivity index (χ0) is 10.2. The molecule has 0 saturated heterocycles. The molecular formula is C11H19NO2. The summed E-state index contributed by atoms with van der Waals surface area (Å²) in [7, 11) is 0. The third kappa shape index (κ3) is 4.40. The Morgan fingerprint density at radius 3 is 2.50 bits per heavy atom. The molecular weight excluding hydrogens is 178 g/mol. The van der Waals surface area contributed by atoms with Gasteiger partial charge >= 0.3 is 5.97 Å². The molecule has 1 rings (SSSR count). The van der Waals surface area contributed by atoms with Crippen molar-refractivity contribution >= 4 is 11.7 Å². The molecule has 0 unspecified atom stereocenters. The molecule has 0 aliphatic heterocycles. The minimum absolute atomic E-state index is 0.204. The van der Waals surface area contributed by atoms with Crippen LogP contribution in [0.5, 0.6) is 0 Å². The fourth-order valence-corrected chi connectivity index (χ4v) is 1.59. The molecule has 0 heterocycles. The molecule has 0 atom stereocenters. The van der Waals surface area contributed by atoms with Crippen LogP contribution in [-0.4, -0.2) is 11.7 Å². The van der Waals surface area contributed by atoms with E-state index < -0.39 is 0 Å². The fraction of sp³-hybridized carbons (Fsp3) is 0.818. The van der Waals surface area contributed by atoms with Gasteiger partial charge in [0.15, 0.2) is 0 Å². The van der Waals surface area contributed by atoms with Crippen LogP contribution in [0.15, 0.2) is 5.16 Å². The van der Waals surface area contributed by atoms with E-state index in [-0.39, 0.29) is 5.97 Å². The predicted molar refractivity (Wildman–Crippen MR) is 56.1 cm³/mol. The van der Waals surface area contributed by atoms with E-state index in [0.29, 0.717) is 6.42 Å². The van der Waals surface area contributed by atoms with Gasteiger partial charge in [0, 0.05) is 6.42 Å². The summed E-state index contributed by atoms with van der Waals surface area (Å²) in [6.45, 7) is 1.96. The molecule has 1 aliphatic carbocycles. The first-order valence-corrected chi connectivity index (χ1v) is 5.58. The van der Waals surface area contributed by atoms with Crippen molar-refractivity contribution in [3.8, 4) is 0 Å². The number of hydrogen-bond donors (Lipinski definition) is 0. The third-order valence-corrected chi connectivity index (χ3v) is 2.41. The molecule has 0 N–H and O–H groups in total. The molecule has 1 fully saturated rings. The van der Waals surface area contributed by atoms with Crippen molar-refractivity contribution in [3.05, 3.63) is 0 Å². The first-order chi connectivity index (χ1) is 6.83. The Bertz CT molecular complexity index is 201. The van der Waals surface area contributed by atoms with Crippen LogP contribution in [0.4, 0.5) is 0 Å². The van der Waals surface area contributed by atoms with E-state index in [1.165, 1.54) is 25.7 Å². The van der Waals surface area contributed by atoms with E-state index in [1.54, 1.807) is 0 Å². The molecule has 0 aromatic rings. The Labute approximate surface area is 85.5 Å². The molecule has 0 radical (unpaired) electrons. The average molecular weight is 197 g/mol. The third-order valence-electron chi connectivity index (χ3n) is 2.41. The number of carbonyl (C=O) groups is 1. The second kappa shape index (κ2) is 6.57. The van der Waals surface area contributed by atoms with E-state index in [9.17, 15) is 4.79 Å².